The molecule has 0 heterocycles. The normalized spacial score (nSPS) is 7.33. The maximum absolute atomic E-state index is 8.54. The number of unbranched alkanes of at least 4 members (excludes halogenated alkanes) is 1. The van der Waals surface area contributed by atoms with Gasteiger partial charge in [-0.15, -0.1) is 0 Å². The van der Waals surface area contributed by atoms with E-state index in [1.54, 1.807) is 0 Å². The first-order valence-corrected chi connectivity index (χ1v) is 4.08. The van der Waals surface area contributed by atoms with Crippen molar-refractivity contribution < 1.29 is 30.5 Å². The van der Waals surface area contributed by atoms with Gasteiger partial charge in [-0.2, -0.15) is 0 Å². The zero-order chi connectivity index (χ0) is 7.70. The van der Waals surface area contributed by atoms with Gasteiger partial charge in [0.05, 0.1) is 0 Å². The van der Waals surface area contributed by atoms with Gasteiger partial charge in [0.15, 0.2) is 0 Å². The molecule has 0 aliphatic carbocycles. The Morgan fingerprint density at radius 1 is 1.33 bits per heavy atom. The molecule has 0 rings (SSSR count). The summed E-state index contributed by atoms with van der Waals surface area (Å²) in [4.78, 5) is 0. The molecule has 0 bridgehead atoms. The summed E-state index contributed by atoms with van der Waals surface area (Å²) in [6.07, 6.45) is 2.04. The van der Waals surface area contributed by atoms with Crippen molar-refractivity contribution in [2.24, 2.45) is 0 Å². The van der Waals surface area contributed by atoms with E-state index in [9.17, 15) is 0 Å². The molecular formula is C4H10CrO4. The van der Waals surface area contributed by atoms with Crippen LogP contribution in [0.1, 0.15) is 19.8 Å². The van der Waals surface area contributed by atoms with Crippen LogP contribution < -0.4 is 0 Å². The van der Waals surface area contributed by atoms with Crippen molar-refractivity contribution in [1.29, 1.82) is 0 Å². The molecule has 0 unspecified atom stereocenters. The van der Waals surface area contributed by atoms with Gasteiger partial charge in [0.1, 0.15) is 0 Å². The molecular weight excluding hydrogens is 164 g/mol. The molecule has 5 heteroatoms. The first kappa shape index (κ1) is 11.7. The summed E-state index contributed by atoms with van der Waals surface area (Å²) >= 11 is -3.79. The van der Waals surface area contributed by atoms with Crippen LogP contribution in [0, 0.1) is 0 Å². The van der Waals surface area contributed by atoms with E-state index >= 15 is 0 Å². The van der Waals surface area contributed by atoms with E-state index in [2.05, 4.69) is 6.92 Å². The van der Waals surface area contributed by atoms with E-state index in [-0.39, 0.29) is 0 Å². The number of hydrogen-bond acceptors (Lipinski definition) is 4. The Kier molecular flexibility index (Phi) is 14.0. The van der Waals surface area contributed by atoms with Gasteiger partial charge in [-0.05, 0) is 6.42 Å². The fourth-order valence-electron chi connectivity index (χ4n) is 0.158. The van der Waals surface area contributed by atoms with E-state index in [0.717, 1.165) is 12.8 Å². The molecule has 9 heavy (non-hydrogen) atoms. The van der Waals surface area contributed by atoms with E-state index < -0.39 is 14.0 Å². The summed E-state index contributed by atoms with van der Waals surface area (Å²) < 4.78 is 25.6. The molecule has 56 valence electrons. The van der Waals surface area contributed by atoms with Crippen molar-refractivity contribution in [3.8, 4) is 0 Å². The molecule has 0 atom stereocenters. The quantitative estimate of drug-likeness (QED) is 0.658. The van der Waals surface area contributed by atoms with Crippen molar-refractivity contribution in [1.82, 2.24) is 0 Å². The molecule has 1 N–H and O–H groups in total. The van der Waals surface area contributed by atoms with Crippen molar-refractivity contribution in [2.75, 3.05) is 6.61 Å². The Balaban J connectivity index is 0. The summed E-state index contributed by atoms with van der Waals surface area (Å²) in [7, 11) is 0. The van der Waals surface area contributed by atoms with E-state index in [1.807, 2.05) is 0 Å². The number of hydrogen-bond donors (Lipinski definition) is 1. The van der Waals surface area contributed by atoms with Crippen molar-refractivity contribution in [3.63, 3.8) is 0 Å². The number of aliphatic hydroxyl groups is 1. The Morgan fingerprint density at radius 3 is 1.67 bits per heavy atom. The molecule has 0 radical (unpaired) electrons. The van der Waals surface area contributed by atoms with E-state index in [1.165, 1.54) is 0 Å². The average Bonchev–Trinajstić information content (AvgIpc) is 1.66. The first-order valence-electron chi connectivity index (χ1n) is 2.52. The second kappa shape index (κ2) is 10.8. The molecule has 0 amide bonds. The molecule has 0 aliphatic heterocycles. The maximum atomic E-state index is 8.54. The van der Waals surface area contributed by atoms with E-state index in [0.29, 0.717) is 6.61 Å². The molecule has 0 aromatic heterocycles. The van der Waals surface area contributed by atoms with E-state index in [4.69, 9.17) is 16.5 Å². The Labute approximate surface area is 57.5 Å². The van der Waals surface area contributed by atoms with Gasteiger partial charge in [-0.1, -0.05) is 13.3 Å². The molecule has 0 aromatic carbocycles. The molecule has 0 saturated carbocycles. The molecule has 0 saturated heterocycles. The summed E-state index contributed by atoms with van der Waals surface area (Å²) in [6.45, 7) is 2.40. The van der Waals surface area contributed by atoms with Crippen LogP contribution in [-0.2, 0) is 25.4 Å². The average molecular weight is 174 g/mol. The second-order valence-corrected chi connectivity index (χ2v) is 1.92. The topological polar surface area (TPSA) is 71.4 Å². The summed E-state index contributed by atoms with van der Waals surface area (Å²) in [5.41, 5.74) is 0. The van der Waals surface area contributed by atoms with Crippen molar-refractivity contribution in [3.05, 3.63) is 0 Å². The van der Waals surface area contributed by atoms with Crippen LogP contribution in [0.15, 0.2) is 0 Å². The molecule has 0 aromatic rings. The van der Waals surface area contributed by atoms with Crippen LogP contribution in [0.5, 0.6) is 0 Å². The monoisotopic (exact) mass is 174 g/mol. The third-order valence-electron chi connectivity index (χ3n) is 0.512. The minimum atomic E-state index is -3.79. The molecule has 4 nitrogen and oxygen atoms in total. The van der Waals surface area contributed by atoms with Gasteiger partial charge < -0.3 is 5.11 Å². The predicted octanol–water partition coefficient (Wildman–Crippen LogP) is 0.420. The number of aliphatic hydroxyl groups excluding tert-OH is 1. The zero-order valence-corrected chi connectivity index (χ0v) is 6.48. The molecule has 0 spiro atoms. The predicted molar refractivity (Wildman–Crippen MR) is 24.1 cm³/mol. The summed E-state index contributed by atoms with van der Waals surface area (Å²) in [5, 5.41) is 8.07. The second-order valence-electron chi connectivity index (χ2n) is 1.28. The third kappa shape index (κ3) is 76.5. The van der Waals surface area contributed by atoms with Gasteiger partial charge in [-0.25, -0.2) is 0 Å². The van der Waals surface area contributed by atoms with Crippen molar-refractivity contribution in [2.45, 2.75) is 19.8 Å². The Morgan fingerprint density at radius 2 is 1.67 bits per heavy atom. The van der Waals surface area contributed by atoms with Gasteiger partial charge in [0.25, 0.3) is 0 Å². The fourth-order valence-corrected chi connectivity index (χ4v) is 0.158. The summed E-state index contributed by atoms with van der Waals surface area (Å²) in [5.74, 6) is 0. The first-order chi connectivity index (χ1) is 4.15. The third-order valence-corrected chi connectivity index (χ3v) is 0.512. The van der Waals surface area contributed by atoms with Crippen LogP contribution in [-0.4, -0.2) is 11.7 Å². The van der Waals surface area contributed by atoms with Crippen LogP contribution in [0.25, 0.3) is 0 Å². The van der Waals surface area contributed by atoms with Crippen LogP contribution in [0.3, 0.4) is 0 Å². The standard InChI is InChI=1S/C4H10O.Cr.3O/c1-2-3-4-5;;;;/h5H,2-4H2,1H3;;;;. The van der Waals surface area contributed by atoms with Gasteiger partial charge in [0.2, 0.25) is 0 Å². The zero-order valence-electron chi connectivity index (χ0n) is 5.20. The SMILES string of the molecule is CCCCO.[O]=[Cr](=[O])=[O]. The van der Waals surface area contributed by atoms with Crippen LogP contribution in [0.2, 0.25) is 0 Å². The Bertz CT molecular complexity index is 113. The van der Waals surface area contributed by atoms with Gasteiger partial charge >= 0.3 is 25.4 Å². The Hall–Kier alpha value is -0.108. The van der Waals surface area contributed by atoms with Crippen LogP contribution >= 0.6 is 0 Å². The summed E-state index contributed by atoms with van der Waals surface area (Å²) in [6, 6.07) is 0. The minimum absolute atomic E-state index is 0.344. The van der Waals surface area contributed by atoms with Crippen molar-refractivity contribution >= 4 is 0 Å². The van der Waals surface area contributed by atoms with Crippen LogP contribution in [0.4, 0.5) is 0 Å². The molecule has 0 fully saturated rings. The number of rotatable bonds is 2. The van der Waals surface area contributed by atoms with Gasteiger partial charge in [-0.3, -0.25) is 0 Å². The van der Waals surface area contributed by atoms with Gasteiger partial charge in [0, 0.05) is 6.61 Å². The molecule has 0 aliphatic rings. The fraction of sp³-hybridized carbons (Fsp3) is 1.00.